The number of guanidine groups is 1. The second-order valence-corrected chi connectivity index (χ2v) is 7.95. The molecule has 1 unspecified atom stereocenters. The molecule has 0 amide bonds. The lowest BCUT2D eigenvalue weighted by molar-refractivity contribution is 0.165. The topological polar surface area (TPSA) is 81.3 Å². The minimum atomic E-state index is 0.151. The van der Waals surface area contributed by atoms with Crippen LogP contribution in [0.15, 0.2) is 47.5 Å². The molecule has 1 aliphatic heterocycles. The van der Waals surface area contributed by atoms with E-state index < -0.39 is 0 Å². The van der Waals surface area contributed by atoms with Crippen LogP contribution in [0.2, 0.25) is 0 Å². The monoisotopic (exact) mass is 440 g/mol. The van der Waals surface area contributed by atoms with Gasteiger partial charge in [0.15, 0.2) is 17.5 Å². The fourth-order valence-corrected chi connectivity index (χ4v) is 4.19. The third-order valence-electron chi connectivity index (χ3n) is 5.93. The first-order valence-electron chi connectivity index (χ1n) is 11.3. The zero-order chi connectivity index (χ0) is 22.8. The predicted molar refractivity (Wildman–Crippen MR) is 129 cm³/mol. The summed E-state index contributed by atoms with van der Waals surface area (Å²) in [4.78, 5) is 7.19. The first kappa shape index (κ1) is 23.7. The largest absolute Gasteiger partial charge is 0.496 e. The van der Waals surface area contributed by atoms with Crippen molar-refractivity contribution >= 4 is 5.96 Å². The molecule has 0 saturated carbocycles. The molecule has 1 heterocycles. The number of benzene rings is 2. The molecule has 1 fully saturated rings. The number of para-hydroxylation sites is 1. The Balaban J connectivity index is 1.62. The summed E-state index contributed by atoms with van der Waals surface area (Å²) in [6.45, 7) is 3.43. The summed E-state index contributed by atoms with van der Waals surface area (Å²) in [5.41, 5.74) is 8.52. The number of ether oxygens (including phenoxy) is 3. The number of aliphatic imine (C=N–C) groups is 1. The Morgan fingerprint density at radius 2 is 1.69 bits per heavy atom. The van der Waals surface area contributed by atoms with Crippen LogP contribution >= 0.6 is 0 Å². The summed E-state index contributed by atoms with van der Waals surface area (Å²) in [5.74, 6) is 2.82. The molecule has 7 heteroatoms. The number of hydrogen-bond acceptors (Lipinski definition) is 5. The van der Waals surface area contributed by atoms with Crippen LogP contribution in [0.4, 0.5) is 0 Å². The summed E-state index contributed by atoms with van der Waals surface area (Å²) < 4.78 is 16.3. The van der Waals surface area contributed by atoms with Crippen LogP contribution in [0.5, 0.6) is 17.2 Å². The Hall–Kier alpha value is -2.93. The van der Waals surface area contributed by atoms with E-state index in [1.807, 2.05) is 30.3 Å². The summed E-state index contributed by atoms with van der Waals surface area (Å²) in [6, 6.07) is 14.3. The zero-order valence-corrected chi connectivity index (χ0v) is 19.5. The molecule has 0 bridgehead atoms. The highest BCUT2D eigenvalue weighted by molar-refractivity contribution is 5.77. The Morgan fingerprint density at radius 3 is 2.41 bits per heavy atom. The van der Waals surface area contributed by atoms with Crippen LogP contribution in [-0.2, 0) is 6.42 Å². The van der Waals surface area contributed by atoms with Crippen molar-refractivity contribution in [2.45, 2.75) is 31.7 Å². The van der Waals surface area contributed by atoms with Gasteiger partial charge >= 0.3 is 0 Å². The van der Waals surface area contributed by atoms with Crippen LogP contribution in [-0.4, -0.2) is 58.4 Å². The molecular weight excluding hydrogens is 404 g/mol. The molecular formula is C25H36N4O3. The highest BCUT2D eigenvalue weighted by Gasteiger charge is 2.24. The van der Waals surface area contributed by atoms with Gasteiger partial charge in [-0.05, 0) is 56.1 Å². The van der Waals surface area contributed by atoms with Crippen LogP contribution in [0.25, 0.3) is 0 Å². The van der Waals surface area contributed by atoms with Crippen molar-refractivity contribution in [1.29, 1.82) is 0 Å². The van der Waals surface area contributed by atoms with Gasteiger partial charge in [0.05, 0.1) is 33.9 Å². The van der Waals surface area contributed by atoms with E-state index in [4.69, 9.17) is 19.9 Å². The predicted octanol–water partition coefficient (Wildman–Crippen LogP) is 3.39. The Morgan fingerprint density at radius 1 is 0.969 bits per heavy atom. The van der Waals surface area contributed by atoms with E-state index in [1.165, 1.54) is 24.8 Å². The number of nitrogens with zero attached hydrogens (tertiary/aromatic N) is 2. The van der Waals surface area contributed by atoms with Crippen LogP contribution in [0, 0.1) is 0 Å². The van der Waals surface area contributed by atoms with Crippen molar-refractivity contribution in [2.24, 2.45) is 10.7 Å². The molecule has 2 aromatic carbocycles. The van der Waals surface area contributed by atoms with Crippen molar-refractivity contribution in [3.05, 3.63) is 53.6 Å². The smallest absolute Gasteiger partial charge is 0.188 e. The van der Waals surface area contributed by atoms with E-state index in [0.717, 1.165) is 42.3 Å². The van der Waals surface area contributed by atoms with E-state index in [1.54, 1.807) is 21.3 Å². The van der Waals surface area contributed by atoms with Gasteiger partial charge in [-0.1, -0.05) is 30.7 Å². The molecule has 0 radical (unpaired) electrons. The Bertz CT molecular complexity index is 881. The molecule has 2 aromatic rings. The van der Waals surface area contributed by atoms with Crippen molar-refractivity contribution in [1.82, 2.24) is 10.2 Å². The standard InChI is InChI=1S/C25H36N4O3/c1-30-22-10-6-5-9-20(22)21(29-15-7-4-8-16-29)18-28-25(26)27-14-13-19-11-12-23(31-2)24(17-19)32-3/h5-6,9-12,17,21H,4,7-8,13-16,18H2,1-3H3,(H3,26,27,28). The normalized spacial score (nSPS) is 15.8. The van der Waals surface area contributed by atoms with Gasteiger partial charge in [0.1, 0.15) is 5.75 Å². The zero-order valence-electron chi connectivity index (χ0n) is 19.5. The third kappa shape index (κ3) is 6.29. The number of nitrogens with two attached hydrogens (primary N) is 1. The second kappa shape index (κ2) is 12.2. The maximum atomic E-state index is 6.21. The van der Waals surface area contributed by atoms with Gasteiger partial charge in [-0.15, -0.1) is 0 Å². The second-order valence-electron chi connectivity index (χ2n) is 7.95. The van der Waals surface area contributed by atoms with E-state index in [0.29, 0.717) is 19.0 Å². The lowest BCUT2D eigenvalue weighted by Gasteiger charge is -2.34. The minimum Gasteiger partial charge on any atom is -0.496 e. The number of methoxy groups -OCH3 is 3. The quantitative estimate of drug-likeness (QED) is 0.435. The van der Waals surface area contributed by atoms with Crippen LogP contribution in [0.3, 0.4) is 0 Å². The first-order chi connectivity index (χ1) is 15.7. The third-order valence-corrected chi connectivity index (χ3v) is 5.93. The van der Waals surface area contributed by atoms with Crippen molar-refractivity contribution in [3.63, 3.8) is 0 Å². The first-order valence-corrected chi connectivity index (χ1v) is 11.3. The number of hydrogen-bond donors (Lipinski definition) is 2. The lowest BCUT2D eigenvalue weighted by Crippen LogP contribution is -2.37. The molecule has 0 aliphatic carbocycles. The van der Waals surface area contributed by atoms with Crippen molar-refractivity contribution < 1.29 is 14.2 Å². The van der Waals surface area contributed by atoms with E-state index in [2.05, 4.69) is 27.3 Å². The van der Waals surface area contributed by atoms with Gasteiger partial charge in [-0.3, -0.25) is 9.89 Å². The molecule has 1 aliphatic rings. The van der Waals surface area contributed by atoms with E-state index in [-0.39, 0.29) is 6.04 Å². The highest BCUT2D eigenvalue weighted by Crippen LogP contribution is 2.31. The number of likely N-dealkylation sites (tertiary alicyclic amines) is 1. The highest BCUT2D eigenvalue weighted by atomic mass is 16.5. The average molecular weight is 441 g/mol. The molecule has 174 valence electrons. The average Bonchev–Trinajstić information content (AvgIpc) is 2.85. The molecule has 3 N–H and O–H groups in total. The fourth-order valence-electron chi connectivity index (χ4n) is 4.19. The van der Waals surface area contributed by atoms with Gasteiger partial charge in [-0.25, -0.2) is 0 Å². The SMILES string of the molecule is COc1ccc(CCNC(N)=NCC(c2ccccc2OC)N2CCCCC2)cc1OC. The van der Waals surface area contributed by atoms with Gasteiger partial charge in [0, 0.05) is 12.1 Å². The number of rotatable bonds is 10. The number of nitrogens with one attached hydrogen (secondary N) is 1. The molecule has 0 aromatic heterocycles. The van der Waals surface area contributed by atoms with Crippen LogP contribution < -0.4 is 25.3 Å². The van der Waals surface area contributed by atoms with E-state index in [9.17, 15) is 0 Å². The van der Waals surface area contributed by atoms with Crippen molar-refractivity contribution in [3.8, 4) is 17.2 Å². The Labute approximate surface area is 191 Å². The summed E-state index contributed by atoms with van der Waals surface area (Å²) in [7, 11) is 5.00. The minimum absolute atomic E-state index is 0.151. The number of piperidine rings is 1. The van der Waals surface area contributed by atoms with E-state index >= 15 is 0 Å². The van der Waals surface area contributed by atoms with Gasteiger partial charge in [0.2, 0.25) is 0 Å². The van der Waals surface area contributed by atoms with Gasteiger partial charge in [-0.2, -0.15) is 0 Å². The molecule has 0 spiro atoms. The summed E-state index contributed by atoms with van der Waals surface area (Å²) >= 11 is 0. The molecule has 3 rings (SSSR count). The molecule has 32 heavy (non-hydrogen) atoms. The maximum absolute atomic E-state index is 6.21. The fraction of sp³-hybridized carbons (Fsp3) is 0.480. The van der Waals surface area contributed by atoms with Crippen LogP contribution in [0.1, 0.15) is 36.4 Å². The Kier molecular flexibility index (Phi) is 9.04. The summed E-state index contributed by atoms with van der Waals surface area (Å²) in [6.07, 6.45) is 4.53. The van der Waals surface area contributed by atoms with Gasteiger partial charge < -0.3 is 25.3 Å². The van der Waals surface area contributed by atoms with Crippen molar-refractivity contribution in [2.75, 3.05) is 47.5 Å². The molecule has 1 saturated heterocycles. The summed E-state index contributed by atoms with van der Waals surface area (Å²) in [5, 5.41) is 3.24. The van der Waals surface area contributed by atoms with Gasteiger partial charge in [0.25, 0.3) is 0 Å². The maximum Gasteiger partial charge on any atom is 0.188 e. The molecule has 7 nitrogen and oxygen atoms in total. The lowest BCUT2D eigenvalue weighted by atomic mass is 10.0. The molecule has 1 atom stereocenters.